The van der Waals surface area contributed by atoms with Gasteiger partial charge in [-0.1, -0.05) is 0 Å². The number of aromatic carboxylic acids is 1. The third kappa shape index (κ3) is 1.17. The predicted octanol–water partition coefficient (Wildman–Crippen LogP) is 2.01. The number of rotatable bonds is 1. The summed E-state index contributed by atoms with van der Waals surface area (Å²) in [4.78, 5) is 10.9. The number of benzene rings is 1. The van der Waals surface area contributed by atoms with Gasteiger partial charge in [-0.05, 0) is 31.0 Å². The van der Waals surface area contributed by atoms with E-state index in [1.54, 1.807) is 13.0 Å². The van der Waals surface area contributed by atoms with Crippen molar-refractivity contribution in [3.8, 4) is 0 Å². The molecule has 5 heteroatoms. The van der Waals surface area contributed by atoms with Crippen molar-refractivity contribution in [3.05, 3.63) is 22.8 Å². The highest BCUT2D eigenvalue weighted by molar-refractivity contribution is 7.00. The quantitative estimate of drug-likeness (QED) is 0.778. The molecule has 0 spiro atoms. The molecule has 1 aromatic carbocycles. The molecule has 14 heavy (non-hydrogen) atoms. The summed E-state index contributed by atoms with van der Waals surface area (Å²) in [5, 5.41) is 8.94. The lowest BCUT2D eigenvalue weighted by Crippen LogP contribution is -2.01. The lowest BCUT2D eigenvalue weighted by molar-refractivity contribution is 0.0696. The summed E-state index contributed by atoms with van der Waals surface area (Å²) in [6.07, 6.45) is 0. The molecule has 0 atom stereocenters. The highest BCUT2D eigenvalue weighted by Gasteiger charge is 2.14. The lowest BCUT2D eigenvalue weighted by atomic mass is 10.0. The molecule has 2 rings (SSSR count). The first-order valence-corrected chi connectivity index (χ1v) is 4.80. The second-order valence-electron chi connectivity index (χ2n) is 3.13. The van der Waals surface area contributed by atoms with E-state index < -0.39 is 5.97 Å². The van der Waals surface area contributed by atoms with E-state index in [-0.39, 0.29) is 0 Å². The number of aryl methyl sites for hydroxylation is 2. The second kappa shape index (κ2) is 3.02. The Hall–Kier alpha value is -1.49. The van der Waals surface area contributed by atoms with Gasteiger partial charge in [-0.15, -0.1) is 0 Å². The Bertz CT molecular complexity index is 519. The maximum Gasteiger partial charge on any atom is 0.336 e. The summed E-state index contributed by atoms with van der Waals surface area (Å²) >= 11 is 1.11. The minimum Gasteiger partial charge on any atom is -0.478 e. The van der Waals surface area contributed by atoms with Gasteiger partial charge in [0.2, 0.25) is 0 Å². The maximum absolute atomic E-state index is 10.9. The first kappa shape index (κ1) is 9.08. The van der Waals surface area contributed by atoms with E-state index in [0.29, 0.717) is 16.6 Å². The molecule has 4 nitrogen and oxygen atoms in total. The molecule has 1 heterocycles. The van der Waals surface area contributed by atoms with Crippen molar-refractivity contribution in [1.29, 1.82) is 0 Å². The van der Waals surface area contributed by atoms with Crippen LogP contribution < -0.4 is 0 Å². The Kier molecular flexibility index (Phi) is 1.96. The van der Waals surface area contributed by atoms with E-state index in [4.69, 9.17) is 5.11 Å². The Morgan fingerprint density at radius 3 is 2.64 bits per heavy atom. The molecule has 1 aromatic heterocycles. The first-order valence-electron chi connectivity index (χ1n) is 4.07. The summed E-state index contributed by atoms with van der Waals surface area (Å²) in [7, 11) is 0. The fourth-order valence-electron chi connectivity index (χ4n) is 1.44. The van der Waals surface area contributed by atoms with E-state index in [9.17, 15) is 4.79 Å². The number of carbonyl (C=O) groups is 1. The van der Waals surface area contributed by atoms with Gasteiger partial charge in [0.05, 0.1) is 17.3 Å². The number of aromatic nitrogens is 2. The van der Waals surface area contributed by atoms with Gasteiger partial charge in [-0.3, -0.25) is 0 Å². The molecule has 0 amide bonds. The van der Waals surface area contributed by atoms with E-state index in [2.05, 4.69) is 8.75 Å². The van der Waals surface area contributed by atoms with Crippen molar-refractivity contribution >= 4 is 28.7 Å². The average molecular weight is 208 g/mol. The largest absolute Gasteiger partial charge is 0.478 e. The highest BCUT2D eigenvalue weighted by atomic mass is 32.1. The summed E-state index contributed by atoms with van der Waals surface area (Å²) in [6, 6.07) is 1.64. The monoisotopic (exact) mass is 208 g/mol. The fraction of sp³-hybridized carbons (Fsp3) is 0.222. The number of fused-ring (bicyclic) bond motifs is 1. The van der Waals surface area contributed by atoms with Crippen LogP contribution in [0.4, 0.5) is 0 Å². The van der Waals surface area contributed by atoms with Gasteiger partial charge in [0.1, 0.15) is 11.0 Å². The Labute approximate surface area is 84.5 Å². The Balaban J connectivity index is 2.88. The van der Waals surface area contributed by atoms with Crippen molar-refractivity contribution in [1.82, 2.24) is 8.75 Å². The topological polar surface area (TPSA) is 63.1 Å². The molecule has 0 saturated carbocycles. The zero-order valence-electron chi connectivity index (χ0n) is 7.74. The second-order valence-corrected chi connectivity index (χ2v) is 3.66. The maximum atomic E-state index is 10.9. The molecule has 0 aliphatic carbocycles. The molecule has 0 unspecified atom stereocenters. The summed E-state index contributed by atoms with van der Waals surface area (Å²) in [5.74, 6) is -0.916. The van der Waals surface area contributed by atoms with Crippen LogP contribution in [-0.2, 0) is 0 Å². The molecular weight excluding hydrogens is 200 g/mol. The zero-order chi connectivity index (χ0) is 10.3. The molecule has 72 valence electrons. The van der Waals surface area contributed by atoms with Crippen molar-refractivity contribution in [2.75, 3.05) is 0 Å². The molecule has 0 fully saturated rings. The summed E-state index contributed by atoms with van der Waals surface area (Å²) < 4.78 is 8.21. The molecule has 0 bridgehead atoms. The van der Waals surface area contributed by atoms with Crippen molar-refractivity contribution < 1.29 is 9.90 Å². The summed E-state index contributed by atoms with van der Waals surface area (Å²) in [6.45, 7) is 3.60. The molecule has 0 aliphatic heterocycles. The van der Waals surface area contributed by atoms with Crippen LogP contribution in [0.2, 0.25) is 0 Å². The van der Waals surface area contributed by atoms with Crippen LogP contribution in [0.5, 0.6) is 0 Å². The molecule has 1 N–H and O–H groups in total. The number of carboxylic acids is 1. The smallest absolute Gasteiger partial charge is 0.336 e. The third-order valence-electron chi connectivity index (χ3n) is 2.21. The van der Waals surface area contributed by atoms with Crippen LogP contribution in [0.3, 0.4) is 0 Å². The average Bonchev–Trinajstić information content (AvgIpc) is 2.59. The zero-order valence-corrected chi connectivity index (χ0v) is 8.55. The third-order valence-corrected chi connectivity index (χ3v) is 2.74. The number of nitrogens with zero attached hydrogens (tertiary/aromatic N) is 2. The van der Waals surface area contributed by atoms with Gasteiger partial charge in [0.25, 0.3) is 0 Å². The minimum absolute atomic E-state index is 0.308. The molecular formula is C9H8N2O2S. The van der Waals surface area contributed by atoms with Gasteiger partial charge < -0.3 is 5.11 Å². The van der Waals surface area contributed by atoms with Gasteiger partial charge in [-0.2, -0.15) is 8.75 Å². The first-order chi connectivity index (χ1) is 6.61. The van der Waals surface area contributed by atoms with Crippen molar-refractivity contribution in [2.24, 2.45) is 0 Å². The van der Waals surface area contributed by atoms with E-state index in [0.717, 1.165) is 22.8 Å². The standard InChI is InChI=1S/C9H8N2O2S/c1-4-3-6(9(12)13)5(2)8-7(4)10-14-11-8/h3H,1-2H3,(H,12,13). The number of carboxylic acid groups (broad SMARTS) is 1. The SMILES string of the molecule is Cc1cc(C(=O)O)c(C)c2nsnc12. The normalized spacial score (nSPS) is 10.7. The number of hydrogen-bond donors (Lipinski definition) is 1. The highest BCUT2D eigenvalue weighted by Crippen LogP contribution is 2.23. The van der Waals surface area contributed by atoms with Crippen LogP contribution in [0.25, 0.3) is 11.0 Å². The van der Waals surface area contributed by atoms with Crippen LogP contribution in [0.15, 0.2) is 6.07 Å². The predicted molar refractivity (Wildman–Crippen MR) is 53.8 cm³/mol. The van der Waals surface area contributed by atoms with E-state index in [1.165, 1.54) is 0 Å². The Morgan fingerprint density at radius 1 is 1.36 bits per heavy atom. The molecule has 2 aromatic rings. The van der Waals surface area contributed by atoms with Crippen LogP contribution in [-0.4, -0.2) is 19.8 Å². The van der Waals surface area contributed by atoms with E-state index in [1.807, 2.05) is 6.92 Å². The minimum atomic E-state index is -0.916. The lowest BCUT2D eigenvalue weighted by Gasteiger charge is -2.02. The molecule has 0 saturated heterocycles. The van der Waals surface area contributed by atoms with Gasteiger partial charge in [0.15, 0.2) is 0 Å². The number of hydrogen-bond acceptors (Lipinski definition) is 4. The van der Waals surface area contributed by atoms with Crippen LogP contribution >= 0.6 is 11.7 Å². The Morgan fingerprint density at radius 2 is 2.00 bits per heavy atom. The molecule has 0 aliphatic rings. The van der Waals surface area contributed by atoms with Crippen molar-refractivity contribution in [3.63, 3.8) is 0 Å². The van der Waals surface area contributed by atoms with Crippen LogP contribution in [0, 0.1) is 13.8 Å². The fourth-order valence-corrected chi connectivity index (χ4v) is 2.09. The van der Waals surface area contributed by atoms with Gasteiger partial charge in [-0.25, -0.2) is 4.79 Å². The van der Waals surface area contributed by atoms with Crippen LogP contribution in [0.1, 0.15) is 21.5 Å². The van der Waals surface area contributed by atoms with Gasteiger partial charge >= 0.3 is 5.97 Å². The van der Waals surface area contributed by atoms with Crippen molar-refractivity contribution in [2.45, 2.75) is 13.8 Å². The molecule has 0 radical (unpaired) electrons. The summed E-state index contributed by atoms with van der Waals surface area (Å²) in [5.41, 5.74) is 3.36. The van der Waals surface area contributed by atoms with Gasteiger partial charge in [0, 0.05) is 0 Å². The van der Waals surface area contributed by atoms with E-state index >= 15 is 0 Å².